The van der Waals surface area contributed by atoms with Crippen LogP contribution in [0.4, 0.5) is 5.69 Å². The van der Waals surface area contributed by atoms with Crippen molar-refractivity contribution < 1.29 is 63.0 Å². The lowest BCUT2D eigenvalue weighted by atomic mass is 9.77. The minimum Gasteiger partial charge on any atom is -0.387 e. The quantitative estimate of drug-likeness (QED) is 0.0860. The molecule has 0 aromatic heterocycles. The summed E-state index contributed by atoms with van der Waals surface area (Å²) in [5.41, 5.74) is -0.417. The first-order valence-corrected chi connectivity index (χ1v) is 29.7. The Morgan fingerprint density at radius 1 is 0.867 bits per heavy atom. The molecule has 19 nitrogen and oxygen atoms in total. The number of anilines is 1. The maximum absolute atomic E-state index is 14.9. The van der Waals surface area contributed by atoms with Crippen molar-refractivity contribution in [3.05, 3.63) is 99.5 Å². The number of benzene rings is 3. The van der Waals surface area contributed by atoms with E-state index >= 15 is 0 Å². The van der Waals surface area contributed by atoms with Crippen molar-refractivity contribution in [3.63, 3.8) is 0 Å². The number of hydrogen-bond donors (Lipinski definition) is 7. The molecule has 0 aliphatic carbocycles. The minimum atomic E-state index is -1.71. The summed E-state index contributed by atoms with van der Waals surface area (Å²) in [6.45, 7) is 16.1. The molecule has 3 fully saturated rings. The first-order chi connectivity index (χ1) is 39.0. The maximum atomic E-state index is 14.9. The summed E-state index contributed by atoms with van der Waals surface area (Å²) in [7, 11) is 6.88. The number of carbonyl (C=O) groups excluding carboxylic acids is 5. The molecule has 0 radical (unpaired) electrons. The summed E-state index contributed by atoms with van der Waals surface area (Å²) in [6.07, 6.45) is -6.94. The highest BCUT2D eigenvalue weighted by molar-refractivity contribution is 6.36. The Morgan fingerprint density at radius 2 is 1.52 bits per heavy atom. The molecule has 3 aliphatic heterocycles. The predicted molar refractivity (Wildman–Crippen MR) is 317 cm³/mol. The second-order valence-electron chi connectivity index (χ2n) is 24.5. The molecule has 3 aromatic carbocycles. The van der Waals surface area contributed by atoms with Gasteiger partial charge in [-0.25, -0.2) is 0 Å². The van der Waals surface area contributed by atoms with Crippen LogP contribution in [0.1, 0.15) is 105 Å². The zero-order valence-corrected chi connectivity index (χ0v) is 51.9. The van der Waals surface area contributed by atoms with Crippen LogP contribution in [0.5, 0.6) is 0 Å². The maximum Gasteiger partial charge on any atom is 0.247 e. The Balaban J connectivity index is 1.29. The van der Waals surface area contributed by atoms with Crippen molar-refractivity contribution in [3.8, 4) is 0 Å². The van der Waals surface area contributed by atoms with E-state index < -0.39 is 108 Å². The van der Waals surface area contributed by atoms with Gasteiger partial charge in [0.1, 0.15) is 24.3 Å². The molecule has 7 N–H and O–H groups in total. The molecule has 0 bridgehead atoms. The van der Waals surface area contributed by atoms with Crippen molar-refractivity contribution in [1.29, 1.82) is 0 Å². The third-order valence-corrected chi connectivity index (χ3v) is 17.4. The van der Waals surface area contributed by atoms with E-state index in [-0.39, 0.29) is 74.9 Å². The van der Waals surface area contributed by atoms with Crippen LogP contribution in [0.3, 0.4) is 0 Å². The number of likely N-dealkylation sites (N-methyl/N-ethyl adjacent to an activating group) is 1. The largest absolute Gasteiger partial charge is 0.387 e. The van der Waals surface area contributed by atoms with E-state index in [2.05, 4.69) is 21.3 Å². The number of rotatable bonds is 16. The molecule has 3 aromatic rings. The van der Waals surface area contributed by atoms with Crippen LogP contribution in [-0.2, 0) is 66.9 Å². The van der Waals surface area contributed by atoms with Gasteiger partial charge in [-0.15, -0.1) is 0 Å². The standard InChI is InChI=1S/C62H90Cl2N6O13/c1-34(2)52-59(77)66-43(27-41-22-24-42(25-23-41)65-58(76)47(30-44-45(63)20-17-21-46(44)64)67-49(71)28-40-18-15-14-16-19-40)29-50(72)70(12)33-35(3)31-61(8,78)56(83-60-53(73)48(69(10)11)26-36(4)80-60)37(5)54(38(6)57(75)68-52)82-51-32-62(9,79-13)55(74)39(7)81-51/h14-25,34-39,43,47-48,51-56,60,73-74,78H,26-33H2,1-13H3,(H,65,76)(H,66,77)(H,67,71)(H,68,75)/t35-,36-,37+,38-,39+,43-,47+,48+,51+,52+,53-,54+,55+,56-,60+,61-,62-/m1/s1. The molecule has 3 saturated heterocycles. The fraction of sp³-hybridized carbons (Fsp3) is 0.629. The van der Waals surface area contributed by atoms with Gasteiger partial charge in [0.05, 0.1) is 48.0 Å². The van der Waals surface area contributed by atoms with Gasteiger partial charge in [-0.2, -0.15) is 0 Å². The van der Waals surface area contributed by atoms with Gasteiger partial charge in [0.25, 0.3) is 0 Å². The van der Waals surface area contributed by atoms with E-state index in [0.29, 0.717) is 33.3 Å². The number of methoxy groups -OCH3 is 1. The smallest absolute Gasteiger partial charge is 0.247 e. The zero-order valence-electron chi connectivity index (χ0n) is 50.4. The summed E-state index contributed by atoms with van der Waals surface area (Å²) in [6, 6.07) is 17.8. The van der Waals surface area contributed by atoms with Crippen molar-refractivity contribution in [2.24, 2.45) is 23.7 Å². The van der Waals surface area contributed by atoms with Gasteiger partial charge < -0.3 is 70.1 Å². The molecular formula is C62H90Cl2N6O13. The molecular weight excluding hydrogens is 1110 g/mol. The molecule has 5 amide bonds. The molecule has 0 unspecified atom stereocenters. The van der Waals surface area contributed by atoms with Crippen molar-refractivity contribution in [1.82, 2.24) is 25.8 Å². The van der Waals surface area contributed by atoms with Crippen LogP contribution in [-0.4, -0.2) is 174 Å². The molecule has 3 aliphatic rings. The Morgan fingerprint density at radius 3 is 2.13 bits per heavy atom. The van der Waals surface area contributed by atoms with Gasteiger partial charge in [0, 0.05) is 73.7 Å². The summed E-state index contributed by atoms with van der Waals surface area (Å²) in [5, 5.41) is 48.4. The molecule has 17 atom stereocenters. The molecule has 0 spiro atoms. The lowest BCUT2D eigenvalue weighted by Crippen LogP contribution is -2.61. The number of aliphatic hydroxyl groups is 3. The SMILES string of the molecule is CO[C@]1(C)C[C@H](O[C@H]2[C@H](C)[C@@H](O[C@@H]3O[C@H](C)C[C@H](N(C)C)[C@H]3O)[C@](C)(O)C[C@@H](C)CN(C)C(=O)C[C@@H](Cc3ccc(NC(=O)[C@H](Cc4c(Cl)cccc4Cl)NC(=O)Cc4ccccc4)cc3)NC(=O)[C@H](C(C)C)NC(=O)[C@@H]2C)O[C@@H](C)[C@@H]1O. The monoisotopic (exact) mass is 1200 g/mol. The van der Waals surface area contributed by atoms with Crippen LogP contribution >= 0.6 is 23.2 Å². The Bertz CT molecular complexity index is 2630. The number of ether oxygens (including phenoxy) is 5. The van der Waals surface area contributed by atoms with Crippen molar-refractivity contribution in [2.45, 2.75) is 192 Å². The van der Waals surface area contributed by atoms with E-state index in [1.165, 1.54) is 7.11 Å². The molecule has 460 valence electrons. The Kier molecular flexibility index (Phi) is 24.0. The number of amides is 5. The summed E-state index contributed by atoms with van der Waals surface area (Å²) >= 11 is 13.1. The second kappa shape index (κ2) is 29.6. The number of halogens is 2. The Hall–Kier alpha value is -4.77. The van der Waals surface area contributed by atoms with E-state index in [9.17, 15) is 39.3 Å². The molecule has 83 heavy (non-hydrogen) atoms. The van der Waals surface area contributed by atoms with Gasteiger partial charge in [0.2, 0.25) is 29.5 Å². The van der Waals surface area contributed by atoms with Gasteiger partial charge in [-0.05, 0) is 114 Å². The number of carbonyl (C=O) groups is 5. The minimum absolute atomic E-state index is 0.0108. The van der Waals surface area contributed by atoms with Crippen molar-refractivity contribution >= 4 is 58.4 Å². The molecule has 0 saturated carbocycles. The number of nitrogens with zero attached hydrogens (tertiary/aromatic N) is 2. The number of nitrogens with one attached hydrogen (secondary N) is 4. The highest BCUT2D eigenvalue weighted by atomic mass is 35.5. The molecule has 6 rings (SSSR count). The second-order valence-corrected chi connectivity index (χ2v) is 25.3. The van der Waals surface area contributed by atoms with E-state index in [1.54, 1.807) is 103 Å². The topological polar surface area (TPSA) is 247 Å². The normalized spacial score (nSPS) is 33.0. The summed E-state index contributed by atoms with van der Waals surface area (Å²) in [4.78, 5) is 74.8. The first-order valence-electron chi connectivity index (χ1n) is 28.9. The van der Waals surface area contributed by atoms with E-state index in [1.807, 2.05) is 63.2 Å². The zero-order chi connectivity index (χ0) is 61.2. The van der Waals surface area contributed by atoms with Gasteiger partial charge in [-0.1, -0.05) is 106 Å². The molecule has 3 heterocycles. The van der Waals surface area contributed by atoms with E-state index in [4.69, 9.17) is 46.9 Å². The number of aliphatic hydroxyl groups excluding tert-OH is 2. The van der Waals surface area contributed by atoms with E-state index in [0.717, 1.165) is 5.56 Å². The highest BCUT2D eigenvalue weighted by Crippen LogP contribution is 2.40. The Labute approximate surface area is 500 Å². The third-order valence-electron chi connectivity index (χ3n) is 16.7. The highest BCUT2D eigenvalue weighted by Gasteiger charge is 2.51. The van der Waals surface area contributed by atoms with Gasteiger partial charge >= 0.3 is 0 Å². The van der Waals surface area contributed by atoms with Crippen molar-refractivity contribution in [2.75, 3.05) is 40.1 Å². The van der Waals surface area contributed by atoms with Crippen LogP contribution in [0, 0.1) is 23.7 Å². The first kappa shape index (κ1) is 67.4. The average molecular weight is 1200 g/mol. The fourth-order valence-corrected chi connectivity index (χ4v) is 12.5. The van der Waals surface area contributed by atoms with Crippen LogP contribution < -0.4 is 21.3 Å². The average Bonchev–Trinajstić information content (AvgIpc) is 3.49. The van der Waals surface area contributed by atoms with Gasteiger partial charge in [0.15, 0.2) is 12.6 Å². The van der Waals surface area contributed by atoms with Gasteiger partial charge in [-0.3, -0.25) is 24.0 Å². The third kappa shape index (κ3) is 17.9. The lowest BCUT2D eigenvalue weighted by Gasteiger charge is -2.49. The van der Waals surface area contributed by atoms with Crippen LogP contribution in [0.2, 0.25) is 10.0 Å². The fourth-order valence-electron chi connectivity index (χ4n) is 11.9. The van der Waals surface area contributed by atoms with Crippen LogP contribution in [0.15, 0.2) is 72.8 Å². The lowest BCUT2D eigenvalue weighted by molar-refractivity contribution is -0.317. The summed E-state index contributed by atoms with van der Waals surface area (Å²) < 4.78 is 32.1. The summed E-state index contributed by atoms with van der Waals surface area (Å²) in [5.74, 6) is -4.97. The molecule has 21 heteroatoms. The predicted octanol–water partition coefficient (Wildman–Crippen LogP) is 6.08. The number of hydrogen-bond acceptors (Lipinski definition) is 14. The van der Waals surface area contributed by atoms with Crippen LogP contribution in [0.25, 0.3) is 0 Å².